The fourth-order valence-electron chi connectivity index (χ4n) is 3.65. The van der Waals surface area contributed by atoms with Gasteiger partial charge in [-0.2, -0.15) is 0 Å². The van der Waals surface area contributed by atoms with Crippen LogP contribution >= 0.6 is 0 Å². The SMILES string of the molecule is CC(C)(Oc1ccc(CNCCC(c2ccccc2)c2nc3ccccc3o2)cc1)C(=O)O. The molecule has 2 N–H and O–H groups in total. The molecule has 1 heterocycles. The lowest BCUT2D eigenvalue weighted by Gasteiger charge is -2.21. The van der Waals surface area contributed by atoms with Crippen molar-refractivity contribution in [1.29, 1.82) is 0 Å². The minimum absolute atomic E-state index is 0.0557. The molecule has 4 aromatic rings. The quantitative estimate of drug-likeness (QED) is 0.319. The maximum absolute atomic E-state index is 11.2. The largest absolute Gasteiger partial charge is 0.478 e. The number of aromatic nitrogens is 1. The van der Waals surface area contributed by atoms with Crippen molar-refractivity contribution in [2.24, 2.45) is 0 Å². The molecule has 0 spiro atoms. The Kier molecular flexibility index (Phi) is 6.75. The third kappa shape index (κ3) is 5.59. The first-order valence-electron chi connectivity index (χ1n) is 11.0. The topological polar surface area (TPSA) is 84.6 Å². The molecule has 0 radical (unpaired) electrons. The normalized spacial score (nSPS) is 12.5. The zero-order valence-electron chi connectivity index (χ0n) is 18.8. The Morgan fingerprint density at radius 3 is 2.42 bits per heavy atom. The van der Waals surface area contributed by atoms with Crippen molar-refractivity contribution in [2.45, 2.75) is 38.3 Å². The molecule has 0 aliphatic rings. The summed E-state index contributed by atoms with van der Waals surface area (Å²) in [5.74, 6) is 0.318. The molecule has 4 rings (SSSR count). The highest BCUT2D eigenvalue weighted by atomic mass is 16.5. The predicted molar refractivity (Wildman–Crippen MR) is 127 cm³/mol. The maximum atomic E-state index is 11.2. The fraction of sp³-hybridized carbons (Fsp3) is 0.259. The van der Waals surface area contributed by atoms with Crippen LogP contribution in [0.3, 0.4) is 0 Å². The van der Waals surface area contributed by atoms with E-state index < -0.39 is 11.6 Å². The molecule has 170 valence electrons. The van der Waals surface area contributed by atoms with Crippen molar-refractivity contribution in [3.63, 3.8) is 0 Å². The summed E-state index contributed by atoms with van der Waals surface area (Å²) in [6.07, 6.45) is 0.838. The van der Waals surface area contributed by atoms with Crippen molar-refractivity contribution in [2.75, 3.05) is 6.54 Å². The number of carbonyl (C=O) groups is 1. The van der Waals surface area contributed by atoms with Crippen LogP contribution in [-0.2, 0) is 11.3 Å². The van der Waals surface area contributed by atoms with Crippen LogP contribution in [0.4, 0.5) is 0 Å². The van der Waals surface area contributed by atoms with Crippen LogP contribution in [0.2, 0.25) is 0 Å². The van der Waals surface area contributed by atoms with E-state index in [-0.39, 0.29) is 5.92 Å². The molecule has 0 fully saturated rings. The molecule has 33 heavy (non-hydrogen) atoms. The average Bonchev–Trinajstić information content (AvgIpc) is 3.24. The summed E-state index contributed by atoms with van der Waals surface area (Å²) in [7, 11) is 0. The maximum Gasteiger partial charge on any atom is 0.347 e. The van der Waals surface area contributed by atoms with E-state index in [2.05, 4.69) is 17.4 Å². The molecule has 6 nitrogen and oxygen atoms in total. The third-order valence-electron chi connectivity index (χ3n) is 5.56. The summed E-state index contributed by atoms with van der Waals surface area (Å²) in [6, 6.07) is 25.6. The second kappa shape index (κ2) is 9.88. The van der Waals surface area contributed by atoms with Crippen LogP contribution in [0, 0.1) is 0 Å². The number of hydrogen-bond acceptors (Lipinski definition) is 5. The highest BCUT2D eigenvalue weighted by molar-refractivity contribution is 5.76. The Labute approximate surface area is 193 Å². The number of oxazole rings is 1. The van der Waals surface area contributed by atoms with Gasteiger partial charge in [-0.3, -0.25) is 0 Å². The Balaban J connectivity index is 1.37. The lowest BCUT2D eigenvalue weighted by atomic mass is 9.95. The Morgan fingerprint density at radius 1 is 1.03 bits per heavy atom. The first-order chi connectivity index (χ1) is 15.9. The van der Waals surface area contributed by atoms with Gasteiger partial charge in [0.05, 0.1) is 5.92 Å². The highest BCUT2D eigenvalue weighted by Crippen LogP contribution is 2.29. The molecule has 1 atom stereocenters. The van der Waals surface area contributed by atoms with Crippen LogP contribution in [0.1, 0.15) is 43.2 Å². The molecule has 0 aliphatic carbocycles. The summed E-state index contributed by atoms with van der Waals surface area (Å²) >= 11 is 0. The van der Waals surface area contributed by atoms with Gasteiger partial charge >= 0.3 is 5.97 Å². The summed E-state index contributed by atoms with van der Waals surface area (Å²) in [5, 5.41) is 12.7. The number of aliphatic carboxylic acids is 1. The Morgan fingerprint density at radius 2 is 1.73 bits per heavy atom. The van der Waals surface area contributed by atoms with Crippen molar-refractivity contribution in [1.82, 2.24) is 10.3 Å². The van der Waals surface area contributed by atoms with Gasteiger partial charge in [0, 0.05) is 6.54 Å². The zero-order chi connectivity index (χ0) is 23.3. The van der Waals surface area contributed by atoms with Gasteiger partial charge in [-0.05, 0) is 62.2 Å². The Bertz CT molecular complexity index is 1170. The van der Waals surface area contributed by atoms with E-state index >= 15 is 0 Å². The number of para-hydroxylation sites is 2. The molecular formula is C27H28N2O4. The molecule has 0 bridgehead atoms. The minimum Gasteiger partial charge on any atom is -0.478 e. The van der Waals surface area contributed by atoms with E-state index in [1.54, 1.807) is 12.1 Å². The zero-order valence-corrected chi connectivity index (χ0v) is 18.8. The Hall–Kier alpha value is -3.64. The monoisotopic (exact) mass is 444 g/mol. The van der Waals surface area contributed by atoms with E-state index in [0.717, 1.165) is 35.5 Å². The van der Waals surface area contributed by atoms with Gasteiger partial charge in [0.15, 0.2) is 11.2 Å². The van der Waals surface area contributed by atoms with Crippen LogP contribution in [0.5, 0.6) is 5.75 Å². The van der Waals surface area contributed by atoms with Crippen molar-refractivity contribution >= 4 is 17.1 Å². The van der Waals surface area contributed by atoms with Crippen LogP contribution in [-0.4, -0.2) is 28.2 Å². The molecule has 6 heteroatoms. The number of hydrogen-bond donors (Lipinski definition) is 2. The van der Waals surface area contributed by atoms with Gasteiger partial charge in [-0.25, -0.2) is 9.78 Å². The molecule has 0 saturated heterocycles. The average molecular weight is 445 g/mol. The molecule has 1 unspecified atom stereocenters. The number of rotatable bonds is 10. The van der Waals surface area contributed by atoms with Crippen molar-refractivity contribution in [3.05, 3.63) is 95.9 Å². The molecule has 3 aromatic carbocycles. The first-order valence-corrected chi connectivity index (χ1v) is 11.0. The van der Waals surface area contributed by atoms with Gasteiger partial charge in [-0.1, -0.05) is 54.6 Å². The van der Waals surface area contributed by atoms with E-state index in [1.165, 1.54) is 19.4 Å². The number of nitrogens with one attached hydrogen (secondary N) is 1. The van der Waals surface area contributed by atoms with Gasteiger partial charge in [0.1, 0.15) is 11.3 Å². The van der Waals surface area contributed by atoms with E-state index in [4.69, 9.17) is 14.1 Å². The van der Waals surface area contributed by atoms with E-state index in [0.29, 0.717) is 12.3 Å². The molecule has 0 saturated carbocycles. The fourth-order valence-corrected chi connectivity index (χ4v) is 3.65. The summed E-state index contributed by atoms with van der Waals surface area (Å²) in [4.78, 5) is 16.0. The number of nitrogens with zero attached hydrogens (tertiary/aromatic N) is 1. The number of fused-ring (bicyclic) bond motifs is 1. The predicted octanol–water partition coefficient (Wildman–Crippen LogP) is 5.38. The standard InChI is InChI=1S/C27H28N2O4/c1-27(2,26(30)31)33-21-14-12-19(13-15-21)18-28-17-16-22(20-8-4-3-5-9-20)25-29-23-10-6-7-11-24(23)32-25/h3-15,22,28H,16-18H2,1-2H3,(H,30,31). The third-order valence-corrected chi connectivity index (χ3v) is 5.56. The second-order valence-corrected chi connectivity index (χ2v) is 8.51. The molecular weight excluding hydrogens is 416 g/mol. The lowest BCUT2D eigenvalue weighted by Crippen LogP contribution is -2.37. The molecule has 0 amide bonds. The van der Waals surface area contributed by atoms with Crippen LogP contribution < -0.4 is 10.1 Å². The minimum atomic E-state index is -1.27. The van der Waals surface area contributed by atoms with Crippen LogP contribution in [0.15, 0.2) is 83.3 Å². The molecule has 1 aromatic heterocycles. The van der Waals surface area contributed by atoms with Crippen molar-refractivity contribution < 1.29 is 19.1 Å². The first kappa shape index (κ1) is 22.6. The van der Waals surface area contributed by atoms with Gasteiger partial charge in [-0.15, -0.1) is 0 Å². The van der Waals surface area contributed by atoms with Gasteiger partial charge in [0.25, 0.3) is 0 Å². The van der Waals surface area contributed by atoms with Crippen LogP contribution in [0.25, 0.3) is 11.1 Å². The van der Waals surface area contributed by atoms with E-state index in [9.17, 15) is 9.90 Å². The van der Waals surface area contributed by atoms with Gasteiger partial charge in [0.2, 0.25) is 5.89 Å². The number of carboxylic acid groups (broad SMARTS) is 1. The lowest BCUT2D eigenvalue weighted by molar-refractivity contribution is -0.152. The number of ether oxygens (including phenoxy) is 1. The van der Waals surface area contributed by atoms with Gasteiger partial charge < -0.3 is 19.6 Å². The number of benzene rings is 3. The molecule has 0 aliphatic heterocycles. The summed E-state index contributed by atoms with van der Waals surface area (Å²) in [5.41, 5.74) is 2.67. The smallest absolute Gasteiger partial charge is 0.347 e. The summed E-state index contributed by atoms with van der Waals surface area (Å²) < 4.78 is 11.6. The highest BCUT2D eigenvalue weighted by Gasteiger charge is 2.29. The van der Waals surface area contributed by atoms with Crippen molar-refractivity contribution in [3.8, 4) is 5.75 Å². The summed E-state index contributed by atoms with van der Waals surface area (Å²) in [6.45, 7) is 4.54. The number of carboxylic acids is 1. The van der Waals surface area contributed by atoms with E-state index in [1.807, 2.05) is 54.6 Å². The second-order valence-electron chi connectivity index (χ2n) is 8.51.